The molecule has 0 bridgehead atoms. The molecule has 1 aromatic carbocycles. The second-order valence-electron chi connectivity index (χ2n) is 6.13. The molecule has 3 heterocycles. The number of rotatable bonds is 3. The number of aryl methyl sites for hydroxylation is 1. The Bertz CT molecular complexity index is 1260. The van der Waals surface area contributed by atoms with Gasteiger partial charge in [-0.1, -0.05) is 11.6 Å². The summed E-state index contributed by atoms with van der Waals surface area (Å²) in [7, 11) is 0. The van der Waals surface area contributed by atoms with Gasteiger partial charge in [-0.25, -0.2) is 9.37 Å². The Kier molecular flexibility index (Phi) is 4.34. The van der Waals surface area contributed by atoms with Crippen LogP contribution in [0.2, 0.25) is 5.02 Å². The van der Waals surface area contributed by atoms with Crippen molar-refractivity contribution in [2.45, 2.75) is 6.92 Å². The number of nitrogens with one attached hydrogen (secondary N) is 1. The fraction of sp³-hybridized carbons (Fsp3) is 0.0500. The van der Waals surface area contributed by atoms with Gasteiger partial charge in [-0.15, -0.1) is 0 Å². The number of nitrogens with two attached hydrogens (primary N) is 1. The van der Waals surface area contributed by atoms with E-state index in [2.05, 4.69) is 21.4 Å². The first-order valence-electron chi connectivity index (χ1n) is 8.24. The fourth-order valence-corrected chi connectivity index (χ4v) is 3.09. The predicted molar refractivity (Wildman–Crippen MR) is 106 cm³/mol. The first-order chi connectivity index (χ1) is 13.5. The summed E-state index contributed by atoms with van der Waals surface area (Å²) >= 11 is 5.85. The van der Waals surface area contributed by atoms with Crippen molar-refractivity contribution in [2.24, 2.45) is 0 Å². The van der Waals surface area contributed by atoms with Crippen molar-refractivity contribution in [1.29, 1.82) is 5.26 Å². The van der Waals surface area contributed by atoms with Crippen LogP contribution >= 0.6 is 11.6 Å². The number of nitrogens with zero attached hydrogens (tertiary/aromatic N) is 3. The molecule has 3 N–H and O–H groups in total. The molecule has 0 spiro atoms. The van der Waals surface area contributed by atoms with E-state index in [9.17, 15) is 9.65 Å². The molecule has 0 saturated carbocycles. The average Bonchev–Trinajstić information content (AvgIpc) is 2.99. The second kappa shape index (κ2) is 6.83. The summed E-state index contributed by atoms with van der Waals surface area (Å²) in [6, 6.07) is 11.5. The molecule has 6 nitrogen and oxygen atoms in total. The lowest BCUT2D eigenvalue weighted by atomic mass is 10.1. The molecule has 0 radical (unpaired) electrons. The van der Waals surface area contributed by atoms with Gasteiger partial charge < -0.3 is 15.5 Å². The molecular formula is C20H13ClFN5O. The number of anilines is 3. The Morgan fingerprint density at radius 3 is 2.79 bits per heavy atom. The third kappa shape index (κ3) is 3.10. The van der Waals surface area contributed by atoms with Crippen molar-refractivity contribution < 1.29 is 8.81 Å². The summed E-state index contributed by atoms with van der Waals surface area (Å²) in [4.78, 5) is 8.56. The van der Waals surface area contributed by atoms with Crippen LogP contribution in [0.4, 0.5) is 21.6 Å². The first kappa shape index (κ1) is 17.8. The summed E-state index contributed by atoms with van der Waals surface area (Å²) < 4.78 is 19.2. The fourth-order valence-electron chi connectivity index (χ4n) is 2.91. The van der Waals surface area contributed by atoms with Crippen LogP contribution in [0, 0.1) is 24.1 Å². The Hall–Kier alpha value is -3.63. The number of nitriles is 1. The van der Waals surface area contributed by atoms with E-state index in [-0.39, 0.29) is 16.6 Å². The van der Waals surface area contributed by atoms with Crippen LogP contribution < -0.4 is 11.1 Å². The van der Waals surface area contributed by atoms with E-state index in [0.29, 0.717) is 28.0 Å². The summed E-state index contributed by atoms with van der Waals surface area (Å²) in [6.45, 7) is 1.86. The number of hydrogen-bond acceptors (Lipinski definition) is 6. The number of fused-ring (bicyclic) bond motifs is 1. The van der Waals surface area contributed by atoms with Gasteiger partial charge in [0.1, 0.15) is 29.0 Å². The maximum absolute atomic E-state index is 13.4. The number of furan rings is 1. The van der Waals surface area contributed by atoms with Crippen molar-refractivity contribution in [2.75, 3.05) is 11.1 Å². The van der Waals surface area contributed by atoms with E-state index in [1.165, 1.54) is 18.2 Å². The minimum atomic E-state index is -0.524. The topological polar surface area (TPSA) is 101 Å². The third-order valence-electron chi connectivity index (χ3n) is 4.17. The number of hydrogen-bond donors (Lipinski definition) is 2. The van der Waals surface area contributed by atoms with E-state index < -0.39 is 5.82 Å². The smallest absolute Gasteiger partial charge is 0.215 e. The molecule has 0 fully saturated rings. The number of pyridine rings is 2. The molecule has 0 unspecified atom stereocenters. The van der Waals surface area contributed by atoms with E-state index in [1.54, 1.807) is 18.3 Å². The Labute approximate surface area is 164 Å². The Morgan fingerprint density at radius 1 is 1.25 bits per heavy atom. The van der Waals surface area contributed by atoms with Gasteiger partial charge in [0.25, 0.3) is 0 Å². The van der Waals surface area contributed by atoms with Crippen LogP contribution in [0.25, 0.3) is 22.2 Å². The van der Waals surface area contributed by atoms with Crippen molar-refractivity contribution in [1.82, 2.24) is 9.97 Å². The highest BCUT2D eigenvalue weighted by Crippen LogP contribution is 2.40. The van der Waals surface area contributed by atoms with Gasteiger partial charge in [0.05, 0.1) is 10.4 Å². The van der Waals surface area contributed by atoms with Crippen LogP contribution in [-0.2, 0) is 0 Å². The van der Waals surface area contributed by atoms with E-state index >= 15 is 0 Å². The van der Waals surface area contributed by atoms with Gasteiger partial charge in [0.15, 0.2) is 5.58 Å². The molecule has 4 rings (SSSR count). The number of aromatic nitrogens is 2. The van der Waals surface area contributed by atoms with Crippen LogP contribution in [0.3, 0.4) is 0 Å². The van der Waals surface area contributed by atoms with Gasteiger partial charge >= 0.3 is 0 Å². The molecule has 0 amide bonds. The SMILES string of the molecule is Cc1cc(-c2nc(C#N)cc3c(Nc4ccc(F)c(Cl)c4)c(N)oc23)ccn1. The van der Waals surface area contributed by atoms with Gasteiger partial charge in [-0.05, 0) is 43.3 Å². The van der Waals surface area contributed by atoms with E-state index in [0.717, 1.165) is 11.3 Å². The molecule has 0 atom stereocenters. The Balaban J connectivity index is 1.91. The molecular weight excluding hydrogens is 381 g/mol. The van der Waals surface area contributed by atoms with Crippen LogP contribution in [0.15, 0.2) is 47.0 Å². The first-order valence-corrected chi connectivity index (χ1v) is 8.62. The highest BCUT2D eigenvalue weighted by Gasteiger charge is 2.19. The largest absolute Gasteiger partial charge is 0.436 e. The molecule has 0 aliphatic carbocycles. The number of halogens is 2. The minimum absolute atomic E-state index is 0.0243. The molecule has 138 valence electrons. The zero-order chi connectivity index (χ0) is 19.8. The third-order valence-corrected chi connectivity index (χ3v) is 4.46. The van der Waals surface area contributed by atoms with Gasteiger partial charge in [0, 0.05) is 23.1 Å². The van der Waals surface area contributed by atoms with Crippen LogP contribution in [0.5, 0.6) is 0 Å². The average molecular weight is 394 g/mol. The van der Waals surface area contributed by atoms with Gasteiger partial charge in [0.2, 0.25) is 5.88 Å². The zero-order valence-electron chi connectivity index (χ0n) is 14.6. The van der Waals surface area contributed by atoms with E-state index in [4.69, 9.17) is 21.8 Å². The molecule has 0 aliphatic rings. The lowest BCUT2D eigenvalue weighted by molar-refractivity contribution is 0.628. The second-order valence-corrected chi connectivity index (χ2v) is 6.53. The van der Waals surface area contributed by atoms with Gasteiger partial charge in [-0.3, -0.25) is 4.98 Å². The van der Waals surface area contributed by atoms with Crippen molar-refractivity contribution >= 4 is 39.8 Å². The maximum atomic E-state index is 13.4. The summed E-state index contributed by atoms with van der Waals surface area (Å²) in [5, 5.41) is 13.0. The molecule has 8 heteroatoms. The minimum Gasteiger partial charge on any atom is -0.436 e. The maximum Gasteiger partial charge on any atom is 0.215 e. The highest BCUT2D eigenvalue weighted by atomic mass is 35.5. The lowest BCUT2D eigenvalue weighted by Crippen LogP contribution is -1.95. The summed E-state index contributed by atoms with van der Waals surface area (Å²) in [5.41, 5.74) is 9.72. The normalized spacial score (nSPS) is 10.8. The molecule has 0 saturated heterocycles. The monoisotopic (exact) mass is 393 g/mol. The van der Waals surface area contributed by atoms with Gasteiger partial charge in [-0.2, -0.15) is 5.26 Å². The summed E-state index contributed by atoms with van der Waals surface area (Å²) in [5.74, 6) is -0.414. The lowest BCUT2D eigenvalue weighted by Gasteiger charge is -2.07. The highest BCUT2D eigenvalue weighted by molar-refractivity contribution is 6.31. The summed E-state index contributed by atoms with van der Waals surface area (Å²) in [6.07, 6.45) is 1.66. The van der Waals surface area contributed by atoms with Crippen molar-refractivity contribution in [3.8, 4) is 17.3 Å². The number of benzene rings is 1. The molecule has 0 aliphatic heterocycles. The van der Waals surface area contributed by atoms with Crippen LogP contribution in [-0.4, -0.2) is 9.97 Å². The molecule has 4 aromatic rings. The molecule has 3 aromatic heterocycles. The quantitative estimate of drug-likeness (QED) is 0.496. The van der Waals surface area contributed by atoms with Crippen molar-refractivity contribution in [3.63, 3.8) is 0 Å². The van der Waals surface area contributed by atoms with E-state index in [1.807, 2.05) is 13.0 Å². The van der Waals surface area contributed by atoms with Crippen molar-refractivity contribution in [3.05, 3.63) is 64.8 Å². The number of nitrogen functional groups attached to an aromatic ring is 1. The molecule has 28 heavy (non-hydrogen) atoms. The van der Waals surface area contributed by atoms with Crippen LogP contribution in [0.1, 0.15) is 11.4 Å². The standard InChI is InChI=1S/C20H13ClFN5O/c1-10-6-11(4-5-25-10)17-19-14(7-13(9-23)27-17)18(20(24)28-19)26-12-2-3-16(22)15(21)8-12/h2-8,26H,24H2,1H3. The Morgan fingerprint density at radius 2 is 2.07 bits per heavy atom. The predicted octanol–water partition coefficient (Wildman–Crippen LogP) is 5.19. The zero-order valence-corrected chi connectivity index (χ0v) is 15.4.